The van der Waals surface area contributed by atoms with Gasteiger partial charge in [-0.1, -0.05) is 24.3 Å². The van der Waals surface area contributed by atoms with Crippen molar-refractivity contribution in [3.63, 3.8) is 0 Å². The van der Waals surface area contributed by atoms with Crippen molar-refractivity contribution < 1.29 is 14.3 Å². The molecular formula is C15H14INO3. The Morgan fingerprint density at radius 2 is 1.80 bits per heavy atom. The van der Waals surface area contributed by atoms with Crippen LogP contribution in [0.5, 0.6) is 5.75 Å². The van der Waals surface area contributed by atoms with Crippen LogP contribution in [0, 0.1) is 3.57 Å². The molecule has 0 aliphatic carbocycles. The van der Waals surface area contributed by atoms with Gasteiger partial charge in [0.05, 0.1) is 13.2 Å². The molecule has 2 aromatic carbocycles. The molecule has 2 aromatic rings. The third kappa shape index (κ3) is 2.73. The highest BCUT2D eigenvalue weighted by Crippen LogP contribution is 2.29. The Labute approximate surface area is 130 Å². The normalized spacial score (nSPS) is 15.3. The van der Waals surface area contributed by atoms with Crippen molar-refractivity contribution >= 4 is 39.5 Å². The van der Waals surface area contributed by atoms with Crippen molar-refractivity contribution in [2.24, 2.45) is 0 Å². The summed E-state index contributed by atoms with van der Waals surface area (Å²) < 4.78 is 11.9. The van der Waals surface area contributed by atoms with Crippen molar-refractivity contribution in [3.05, 3.63) is 40.0 Å². The molecule has 0 bridgehead atoms. The molecule has 4 nitrogen and oxygen atoms in total. The summed E-state index contributed by atoms with van der Waals surface area (Å²) in [5, 5.41) is 2.06. The number of amides is 1. The number of hydrogen-bond acceptors (Lipinski definition) is 3. The topological polar surface area (TPSA) is 38.8 Å². The van der Waals surface area contributed by atoms with Crippen molar-refractivity contribution in [2.75, 3.05) is 26.3 Å². The van der Waals surface area contributed by atoms with Gasteiger partial charge in [-0.15, -0.1) is 0 Å². The number of hydrogen-bond donors (Lipinski definition) is 0. The Balaban J connectivity index is 1.87. The number of ether oxygens (including phenoxy) is 2. The van der Waals surface area contributed by atoms with E-state index < -0.39 is 0 Å². The zero-order valence-corrected chi connectivity index (χ0v) is 13.0. The molecule has 0 N–H and O–H groups in total. The first-order valence-electron chi connectivity index (χ1n) is 6.47. The number of carbonyl (C=O) groups excluding carboxylic acids is 1. The molecule has 0 radical (unpaired) electrons. The quantitative estimate of drug-likeness (QED) is 0.710. The lowest BCUT2D eigenvalue weighted by Crippen LogP contribution is -2.42. The van der Waals surface area contributed by atoms with Crippen molar-refractivity contribution in [1.29, 1.82) is 0 Å². The molecule has 1 amide bonds. The summed E-state index contributed by atoms with van der Waals surface area (Å²) >= 11 is 2.28. The molecular weight excluding hydrogens is 369 g/mol. The summed E-state index contributed by atoms with van der Waals surface area (Å²) in [5.41, 5.74) is 0. The molecule has 1 aliphatic rings. The lowest BCUT2D eigenvalue weighted by atomic mass is 10.1. The van der Waals surface area contributed by atoms with Gasteiger partial charge in [-0.25, -0.2) is 4.79 Å². The van der Waals surface area contributed by atoms with Gasteiger partial charge in [0.2, 0.25) is 0 Å². The predicted octanol–water partition coefficient (Wildman–Crippen LogP) is 3.28. The van der Waals surface area contributed by atoms with Gasteiger partial charge in [0.15, 0.2) is 0 Å². The van der Waals surface area contributed by atoms with Gasteiger partial charge in [-0.3, -0.25) is 0 Å². The standard InChI is InChI=1S/C15H14INO3/c16-13-5-6-14(12-4-2-1-3-11(12)13)20-15(18)17-7-9-19-10-8-17/h1-6H,7-10H2. The summed E-state index contributed by atoms with van der Waals surface area (Å²) in [6.45, 7) is 2.31. The number of halogens is 1. The minimum Gasteiger partial charge on any atom is -0.410 e. The minimum absolute atomic E-state index is 0.306. The largest absolute Gasteiger partial charge is 0.415 e. The molecule has 0 unspecified atom stereocenters. The third-order valence-electron chi connectivity index (χ3n) is 3.30. The molecule has 0 atom stereocenters. The predicted molar refractivity (Wildman–Crippen MR) is 85.1 cm³/mol. The summed E-state index contributed by atoms with van der Waals surface area (Å²) in [5.74, 6) is 0.609. The monoisotopic (exact) mass is 383 g/mol. The minimum atomic E-state index is -0.306. The van der Waals surface area contributed by atoms with Crippen molar-refractivity contribution in [2.45, 2.75) is 0 Å². The second kappa shape index (κ2) is 5.97. The highest BCUT2D eigenvalue weighted by atomic mass is 127. The average Bonchev–Trinajstić information content (AvgIpc) is 2.51. The van der Waals surface area contributed by atoms with Crippen LogP contribution in [0.1, 0.15) is 0 Å². The van der Waals surface area contributed by atoms with E-state index in [0.29, 0.717) is 32.1 Å². The van der Waals surface area contributed by atoms with Gasteiger partial charge in [-0.2, -0.15) is 0 Å². The zero-order valence-electron chi connectivity index (χ0n) is 10.8. The highest BCUT2D eigenvalue weighted by Gasteiger charge is 2.19. The molecule has 1 heterocycles. The number of fused-ring (bicyclic) bond motifs is 1. The van der Waals surface area contributed by atoms with E-state index in [9.17, 15) is 4.79 Å². The number of carbonyl (C=O) groups is 1. The number of benzene rings is 2. The Bertz CT molecular complexity index is 638. The lowest BCUT2D eigenvalue weighted by Gasteiger charge is -2.26. The van der Waals surface area contributed by atoms with Crippen molar-refractivity contribution in [3.8, 4) is 5.75 Å². The Hall–Kier alpha value is -1.34. The van der Waals surface area contributed by atoms with E-state index in [1.165, 1.54) is 0 Å². The van der Waals surface area contributed by atoms with E-state index in [4.69, 9.17) is 9.47 Å². The first-order valence-corrected chi connectivity index (χ1v) is 7.55. The summed E-state index contributed by atoms with van der Waals surface area (Å²) in [6, 6.07) is 11.7. The van der Waals surface area contributed by atoms with Crippen LogP contribution < -0.4 is 4.74 Å². The maximum atomic E-state index is 12.1. The van der Waals surface area contributed by atoms with Gasteiger partial charge in [0.25, 0.3) is 0 Å². The Morgan fingerprint density at radius 1 is 1.10 bits per heavy atom. The van der Waals surface area contributed by atoms with Gasteiger partial charge in [0.1, 0.15) is 5.75 Å². The Morgan fingerprint density at radius 3 is 2.55 bits per heavy atom. The van der Waals surface area contributed by atoms with Crippen LogP contribution in [0.15, 0.2) is 36.4 Å². The molecule has 5 heteroatoms. The number of nitrogens with zero attached hydrogens (tertiary/aromatic N) is 1. The fourth-order valence-electron chi connectivity index (χ4n) is 2.23. The maximum absolute atomic E-state index is 12.1. The van der Waals surface area contributed by atoms with E-state index in [1.807, 2.05) is 36.4 Å². The van der Waals surface area contributed by atoms with E-state index in [1.54, 1.807) is 4.90 Å². The van der Waals surface area contributed by atoms with Crippen LogP contribution >= 0.6 is 22.6 Å². The zero-order chi connectivity index (χ0) is 13.9. The molecule has 1 aliphatic heterocycles. The SMILES string of the molecule is O=C(Oc1ccc(I)c2ccccc12)N1CCOCC1. The third-order valence-corrected chi connectivity index (χ3v) is 4.24. The second-order valence-corrected chi connectivity index (χ2v) is 5.72. The molecule has 0 aromatic heterocycles. The van der Waals surface area contributed by atoms with Gasteiger partial charge in [-0.05, 0) is 40.1 Å². The summed E-state index contributed by atoms with van der Waals surface area (Å²) in [7, 11) is 0. The van der Waals surface area contributed by atoms with Crippen LogP contribution in [-0.2, 0) is 4.74 Å². The van der Waals surface area contributed by atoms with Gasteiger partial charge < -0.3 is 14.4 Å². The van der Waals surface area contributed by atoms with Gasteiger partial charge in [0, 0.05) is 22.0 Å². The van der Waals surface area contributed by atoms with Crippen LogP contribution in [0.25, 0.3) is 10.8 Å². The molecule has 104 valence electrons. The summed E-state index contributed by atoms with van der Waals surface area (Å²) in [6.07, 6.45) is -0.306. The Kier molecular flexibility index (Phi) is 4.07. The van der Waals surface area contributed by atoms with Crippen LogP contribution in [0.2, 0.25) is 0 Å². The highest BCUT2D eigenvalue weighted by molar-refractivity contribution is 14.1. The van der Waals surface area contributed by atoms with Crippen LogP contribution in [-0.4, -0.2) is 37.3 Å². The fourth-order valence-corrected chi connectivity index (χ4v) is 2.88. The van der Waals surface area contributed by atoms with E-state index in [0.717, 1.165) is 14.3 Å². The smallest absolute Gasteiger partial charge is 0.410 e. The van der Waals surface area contributed by atoms with E-state index in [2.05, 4.69) is 22.6 Å². The number of rotatable bonds is 1. The maximum Gasteiger partial charge on any atom is 0.415 e. The first kappa shape index (κ1) is 13.6. The molecule has 20 heavy (non-hydrogen) atoms. The molecule has 3 rings (SSSR count). The molecule has 0 saturated carbocycles. The van der Waals surface area contributed by atoms with E-state index >= 15 is 0 Å². The molecule has 1 fully saturated rings. The fraction of sp³-hybridized carbons (Fsp3) is 0.267. The van der Waals surface area contributed by atoms with Gasteiger partial charge >= 0.3 is 6.09 Å². The molecule has 1 saturated heterocycles. The van der Waals surface area contributed by atoms with E-state index in [-0.39, 0.29) is 6.09 Å². The lowest BCUT2D eigenvalue weighted by molar-refractivity contribution is 0.0417. The summed E-state index contributed by atoms with van der Waals surface area (Å²) in [4.78, 5) is 13.8. The van der Waals surface area contributed by atoms with Crippen LogP contribution in [0.4, 0.5) is 4.79 Å². The number of morpholine rings is 1. The molecule has 0 spiro atoms. The van der Waals surface area contributed by atoms with Crippen molar-refractivity contribution in [1.82, 2.24) is 4.90 Å². The second-order valence-electron chi connectivity index (χ2n) is 4.56. The van der Waals surface area contributed by atoms with Crippen LogP contribution in [0.3, 0.4) is 0 Å². The average molecular weight is 383 g/mol. The first-order chi connectivity index (χ1) is 9.75.